The zero-order chi connectivity index (χ0) is 20.1. The van der Waals surface area contributed by atoms with Crippen molar-refractivity contribution in [1.82, 2.24) is 4.90 Å². The zero-order valence-electron chi connectivity index (χ0n) is 16.3. The number of carbonyl (C=O) groups is 2. The van der Waals surface area contributed by atoms with Crippen LogP contribution in [0.4, 0.5) is 0 Å². The first-order valence-corrected chi connectivity index (χ1v) is 9.47. The van der Waals surface area contributed by atoms with Gasteiger partial charge in [0.15, 0.2) is 12.4 Å². The lowest BCUT2D eigenvalue weighted by Gasteiger charge is -2.15. The summed E-state index contributed by atoms with van der Waals surface area (Å²) in [6.07, 6.45) is 5.36. The molecule has 1 amide bonds. The molecule has 1 aliphatic rings. The van der Waals surface area contributed by atoms with Crippen LogP contribution in [0, 0.1) is 13.8 Å². The van der Waals surface area contributed by atoms with Crippen molar-refractivity contribution in [2.45, 2.75) is 26.7 Å². The predicted molar refractivity (Wildman–Crippen MR) is 109 cm³/mol. The summed E-state index contributed by atoms with van der Waals surface area (Å²) in [6, 6.07) is 10.5. The van der Waals surface area contributed by atoms with Crippen LogP contribution in [-0.2, 0) is 4.79 Å². The molecule has 2 aromatic rings. The first kappa shape index (κ1) is 19.7. The van der Waals surface area contributed by atoms with Crippen molar-refractivity contribution in [3.05, 3.63) is 64.7 Å². The van der Waals surface area contributed by atoms with Crippen molar-refractivity contribution in [2.24, 2.45) is 0 Å². The predicted octanol–water partition coefficient (Wildman–Crippen LogP) is 3.91. The molecule has 1 heterocycles. The second kappa shape index (κ2) is 8.74. The molecule has 0 aliphatic carbocycles. The maximum atomic E-state index is 12.4. The van der Waals surface area contributed by atoms with Gasteiger partial charge in [-0.3, -0.25) is 9.59 Å². The molecule has 5 heteroatoms. The molecular weight excluding hydrogens is 354 g/mol. The number of nitrogens with zero attached hydrogens (tertiary/aromatic N) is 1. The van der Waals surface area contributed by atoms with Gasteiger partial charge in [0.1, 0.15) is 11.5 Å². The number of phenolic OH excluding ortho intramolecular Hbond substituents is 1. The molecule has 1 fully saturated rings. The standard InChI is InChI=1S/C23H25NO4/c1-16-13-18(14-17(2)23(16)27)5-10-21(25)19-6-8-20(9-7-19)28-15-22(26)24-11-3-4-12-24/h5-10,13-14,27H,3-4,11-12,15H2,1-2H3/b10-5+. The van der Waals surface area contributed by atoms with Gasteiger partial charge < -0.3 is 14.7 Å². The summed E-state index contributed by atoms with van der Waals surface area (Å²) < 4.78 is 5.54. The van der Waals surface area contributed by atoms with E-state index < -0.39 is 0 Å². The van der Waals surface area contributed by atoms with E-state index in [9.17, 15) is 14.7 Å². The average molecular weight is 379 g/mol. The SMILES string of the molecule is Cc1cc(/C=C/C(=O)c2ccc(OCC(=O)N3CCCC3)cc2)cc(C)c1O. The monoisotopic (exact) mass is 379 g/mol. The summed E-state index contributed by atoms with van der Waals surface area (Å²) in [5, 5.41) is 9.83. The van der Waals surface area contributed by atoms with Gasteiger partial charge in [-0.1, -0.05) is 6.08 Å². The molecule has 1 aliphatic heterocycles. The molecule has 5 nitrogen and oxygen atoms in total. The number of carbonyl (C=O) groups excluding carboxylic acids is 2. The number of hydrogen-bond acceptors (Lipinski definition) is 4. The van der Waals surface area contributed by atoms with E-state index in [4.69, 9.17) is 4.74 Å². The van der Waals surface area contributed by atoms with Crippen molar-refractivity contribution < 1.29 is 19.4 Å². The third-order valence-electron chi connectivity index (χ3n) is 4.90. The molecule has 0 unspecified atom stereocenters. The zero-order valence-corrected chi connectivity index (χ0v) is 16.3. The number of aromatic hydroxyl groups is 1. The highest BCUT2D eigenvalue weighted by atomic mass is 16.5. The lowest BCUT2D eigenvalue weighted by molar-refractivity contribution is -0.132. The Hall–Kier alpha value is -3.08. The van der Waals surface area contributed by atoms with Crippen LogP contribution in [0.25, 0.3) is 6.08 Å². The van der Waals surface area contributed by atoms with Gasteiger partial charge in [-0.2, -0.15) is 0 Å². The summed E-state index contributed by atoms with van der Waals surface area (Å²) in [4.78, 5) is 26.2. The van der Waals surface area contributed by atoms with Gasteiger partial charge in [0.2, 0.25) is 0 Å². The second-order valence-corrected chi connectivity index (χ2v) is 7.10. The lowest BCUT2D eigenvalue weighted by Crippen LogP contribution is -2.32. The minimum atomic E-state index is -0.122. The molecule has 1 saturated heterocycles. The third kappa shape index (κ3) is 4.80. The topological polar surface area (TPSA) is 66.8 Å². The first-order valence-electron chi connectivity index (χ1n) is 9.47. The maximum absolute atomic E-state index is 12.4. The summed E-state index contributed by atoms with van der Waals surface area (Å²) in [5.41, 5.74) is 2.96. The van der Waals surface area contributed by atoms with Crippen LogP contribution in [0.15, 0.2) is 42.5 Å². The van der Waals surface area contributed by atoms with Gasteiger partial charge in [0.05, 0.1) is 0 Å². The van der Waals surface area contributed by atoms with Gasteiger partial charge in [0.25, 0.3) is 5.91 Å². The van der Waals surface area contributed by atoms with Crippen LogP contribution < -0.4 is 4.74 Å². The molecule has 0 radical (unpaired) electrons. The molecule has 1 N–H and O–H groups in total. The Labute approximate surface area is 165 Å². The molecular formula is C23H25NO4. The Morgan fingerprint density at radius 3 is 2.29 bits per heavy atom. The number of likely N-dealkylation sites (tertiary alicyclic amines) is 1. The van der Waals surface area contributed by atoms with E-state index in [-0.39, 0.29) is 24.0 Å². The summed E-state index contributed by atoms with van der Waals surface area (Å²) >= 11 is 0. The molecule has 146 valence electrons. The minimum Gasteiger partial charge on any atom is -0.507 e. The minimum absolute atomic E-state index is 0.0000657. The van der Waals surface area contributed by atoms with Crippen LogP contribution in [0.3, 0.4) is 0 Å². The largest absolute Gasteiger partial charge is 0.507 e. The fourth-order valence-electron chi connectivity index (χ4n) is 3.27. The Balaban J connectivity index is 1.58. The van der Waals surface area contributed by atoms with E-state index in [1.54, 1.807) is 30.3 Å². The summed E-state index contributed by atoms with van der Waals surface area (Å²) in [6.45, 7) is 5.29. The van der Waals surface area contributed by atoms with Crippen LogP contribution in [0.2, 0.25) is 0 Å². The molecule has 28 heavy (non-hydrogen) atoms. The van der Waals surface area contributed by atoms with Crippen molar-refractivity contribution in [2.75, 3.05) is 19.7 Å². The van der Waals surface area contributed by atoms with Crippen LogP contribution in [0.1, 0.15) is 39.9 Å². The number of allylic oxidation sites excluding steroid dienone is 1. The summed E-state index contributed by atoms with van der Waals surface area (Å²) in [7, 11) is 0. The van der Waals surface area contributed by atoms with Crippen molar-refractivity contribution >= 4 is 17.8 Å². The van der Waals surface area contributed by atoms with Gasteiger partial charge in [-0.25, -0.2) is 0 Å². The van der Waals surface area contributed by atoms with Gasteiger partial charge in [-0.15, -0.1) is 0 Å². The molecule has 2 aromatic carbocycles. The second-order valence-electron chi connectivity index (χ2n) is 7.10. The smallest absolute Gasteiger partial charge is 0.260 e. The molecule has 0 saturated carbocycles. The Morgan fingerprint density at radius 1 is 1.07 bits per heavy atom. The number of hydrogen-bond donors (Lipinski definition) is 1. The molecule has 0 spiro atoms. The Morgan fingerprint density at radius 2 is 1.68 bits per heavy atom. The third-order valence-corrected chi connectivity index (χ3v) is 4.90. The normalized spacial score (nSPS) is 13.9. The van der Waals surface area contributed by atoms with Crippen molar-refractivity contribution in [3.63, 3.8) is 0 Å². The van der Waals surface area contributed by atoms with E-state index in [2.05, 4.69) is 0 Å². The van der Waals surface area contributed by atoms with E-state index in [0.29, 0.717) is 11.3 Å². The number of ether oxygens (including phenoxy) is 1. The van der Waals surface area contributed by atoms with Crippen molar-refractivity contribution in [1.29, 1.82) is 0 Å². The fourth-order valence-corrected chi connectivity index (χ4v) is 3.27. The maximum Gasteiger partial charge on any atom is 0.260 e. The molecule has 0 bridgehead atoms. The van der Waals surface area contributed by atoms with Gasteiger partial charge >= 0.3 is 0 Å². The van der Waals surface area contributed by atoms with Gasteiger partial charge in [0, 0.05) is 18.7 Å². The highest BCUT2D eigenvalue weighted by Gasteiger charge is 2.18. The number of rotatable bonds is 6. The van der Waals surface area contributed by atoms with Crippen LogP contribution >= 0.6 is 0 Å². The van der Waals surface area contributed by atoms with Gasteiger partial charge in [-0.05, 0) is 85.9 Å². The number of phenols is 1. The lowest BCUT2D eigenvalue weighted by atomic mass is 10.0. The first-order chi connectivity index (χ1) is 13.4. The van der Waals surface area contributed by atoms with E-state index in [1.165, 1.54) is 6.08 Å². The highest BCUT2D eigenvalue weighted by molar-refractivity contribution is 6.06. The molecule has 3 rings (SSSR count). The molecule has 0 aromatic heterocycles. The van der Waals surface area contributed by atoms with E-state index in [0.717, 1.165) is 42.6 Å². The van der Waals surface area contributed by atoms with E-state index >= 15 is 0 Å². The van der Waals surface area contributed by atoms with E-state index in [1.807, 2.05) is 30.9 Å². The van der Waals surface area contributed by atoms with Crippen LogP contribution in [-0.4, -0.2) is 41.4 Å². The number of aryl methyl sites for hydroxylation is 2. The Bertz CT molecular complexity index is 870. The summed E-state index contributed by atoms with van der Waals surface area (Å²) in [5.74, 6) is 0.725. The number of ketones is 1. The average Bonchev–Trinajstić information content (AvgIpc) is 3.23. The fraction of sp³-hybridized carbons (Fsp3) is 0.304. The Kier molecular flexibility index (Phi) is 6.14. The quantitative estimate of drug-likeness (QED) is 0.610. The van der Waals surface area contributed by atoms with Crippen LogP contribution in [0.5, 0.6) is 11.5 Å². The highest BCUT2D eigenvalue weighted by Crippen LogP contribution is 2.23. The number of amides is 1. The number of benzene rings is 2. The molecule has 0 atom stereocenters. The van der Waals surface area contributed by atoms with Crippen molar-refractivity contribution in [3.8, 4) is 11.5 Å².